The predicted molar refractivity (Wildman–Crippen MR) is 103 cm³/mol. The summed E-state index contributed by atoms with van der Waals surface area (Å²) in [4.78, 5) is 5.06. The summed E-state index contributed by atoms with van der Waals surface area (Å²) < 4.78 is 11.7. The predicted octanol–water partition coefficient (Wildman–Crippen LogP) is 3.81. The Kier molecular flexibility index (Phi) is 7.91. The van der Waals surface area contributed by atoms with Crippen molar-refractivity contribution in [1.82, 2.24) is 9.80 Å². The van der Waals surface area contributed by atoms with Crippen molar-refractivity contribution in [3.63, 3.8) is 0 Å². The molecule has 2 aliphatic rings. The first-order valence-corrected chi connectivity index (χ1v) is 10.2. The zero-order valence-electron chi connectivity index (χ0n) is 15.6. The van der Waals surface area contributed by atoms with E-state index in [1.54, 1.807) is 0 Å². The Morgan fingerprint density at radius 1 is 0.600 bits per heavy atom. The Morgan fingerprint density at radius 2 is 1.08 bits per heavy atom. The summed E-state index contributed by atoms with van der Waals surface area (Å²) in [6, 6.07) is 8.10. The lowest BCUT2D eigenvalue weighted by molar-refractivity contribution is 0.183. The molecule has 0 atom stereocenters. The van der Waals surface area contributed by atoms with Crippen molar-refractivity contribution < 1.29 is 9.47 Å². The van der Waals surface area contributed by atoms with Crippen molar-refractivity contribution in [1.29, 1.82) is 0 Å². The molecule has 140 valence electrons. The van der Waals surface area contributed by atoms with Crippen molar-refractivity contribution >= 4 is 0 Å². The van der Waals surface area contributed by atoms with Crippen molar-refractivity contribution in [3.05, 3.63) is 24.3 Å². The van der Waals surface area contributed by atoms with Crippen molar-refractivity contribution in [2.24, 2.45) is 0 Å². The van der Waals surface area contributed by atoms with Crippen molar-refractivity contribution in [2.45, 2.75) is 44.9 Å². The number of likely N-dealkylation sites (tertiary alicyclic amines) is 2. The van der Waals surface area contributed by atoms with E-state index in [0.29, 0.717) is 0 Å². The molecule has 0 N–H and O–H groups in total. The van der Waals surface area contributed by atoms with E-state index < -0.39 is 0 Å². The van der Waals surface area contributed by atoms with Crippen LogP contribution in [0.5, 0.6) is 11.5 Å². The molecule has 0 aromatic heterocycles. The minimum atomic E-state index is 0.774. The smallest absolute Gasteiger partial charge is 0.119 e. The highest BCUT2D eigenvalue weighted by Crippen LogP contribution is 2.18. The van der Waals surface area contributed by atoms with Gasteiger partial charge in [0.05, 0.1) is 6.61 Å². The van der Waals surface area contributed by atoms with Crippen LogP contribution < -0.4 is 9.47 Å². The average Bonchev–Trinajstić information content (AvgIpc) is 2.68. The molecular formula is C21H34N2O2. The van der Waals surface area contributed by atoms with Gasteiger partial charge in [-0.05, 0) is 82.5 Å². The second-order valence-corrected chi connectivity index (χ2v) is 7.33. The Labute approximate surface area is 153 Å². The summed E-state index contributed by atoms with van der Waals surface area (Å²) in [5.74, 6) is 1.89. The van der Waals surface area contributed by atoms with Gasteiger partial charge in [0.2, 0.25) is 0 Å². The van der Waals surface area contributed by atoms with E-state index in [2.05, 4.69) is 9.80 Å². The van der Waals surface area contributed by atoms with Crippen LogP contribution in [0.4, 0.5) is 0 Å². The zero-order valence-corrected chi connectivity index (χ0v) is 15.6. The lowest BCUT2D eigenvalue weighted by Gasteiger charge is -2.26. The molecule has 0 spiro atoms. The van der Waals surface area contributed by atoms with Gasteiger partial charge in [-0.1, -0.05) is 12.8 Å². The minimum Gasteiger partial charge on any atom is -0.494 e. The third kappa shape index (κ3) is 6.87. The fourth-order valence-corrected chi connectivity index (χ4v) is 3.77. The van der Waals surface area contributed by atoms with E-state index >= 15 is 0 Å². The number of nitrogens with zero attached hydrogens (tertiary/aromatic N) is 2. The molecule has 0 aliphatic carbocycles. The van der Waals surface area contributed by atoms with E-state index in [9.17, 15) is 0 Å². The van der Waals surface area contributed by atoms with Crippen LogP contribution >= 0.6 is 0 Å². The normalized spacial score (nSPS) is 19.7. The molecule has 0 saturated carbocycles. The largest absolute Gasteiger partial charge is 0.494 e. The maximum atomic E-state index is 5.86. The molecule has 0 radical (unpaired) electrons. The summed E-state index contributed by atoms with van der Waals surface area (Å²) in [6.45, 7) is 8.77. The molecule has 25 heavy (non-hydrogen) atoms. The van der Waals surface area contributed by atoms with Gasteiger partial charge in [-0.3, -0.25) is 4.90 Å². The Hall–Kier alpha value is -1.26. The summed E-state index contributed by atoms with van der Waals surface area (Å²) in [5.41, 5.74) is 0. The van der Waals surface area contributed by atoms with E-state index in [4.69, 9.17) is 9.47 Å². The number of ether oxygens (including phenoxy) is 2. The monoisotopic (exact) mass is 346 g/mol. The summed E-state index contributed by atoms with van der Waals surface area (Å²) in [5, 5.41) is 0. The number of hydrogen-bond acceptors (Lipinski definition) is 4. The van der Waals surface area contributed by atoms with E-state index in [1.165, 1.54) is 64.7 Å². The van der Waals surface area contributed by atoms with Crippen molar-refractivity contribution in [2.75, 3.05) is 52.5 Å². The third-order valence-corrected chi connectivity index (χ3v) is 5.28. The van der Waals surface area contributed by atoms with Crippen LogP contribution in [0.3, 0.4) is 0 Å². The fraction of sp³-hybridized carbons (Fsp3) is 0.714. The summed E-state index contributed by atoms with van der Waals surface area (Å²) in [7, 11) is 0. The number of hydrogen-bond donors (Lipinski definition) is 0. The molecule has 2 heterocycles. The van der Waals surface area contributed by atoms with Crippen LogP contribution in [0.1, 0.15) is 44.9 Å². The second-order valence-electron chi connectivity index (χ2n) is 7.33. The molecule has 0 amide bonds. The first-order chi connectivity index (χ1) is 12.4. The van der Waals surface area contributed by atoms with E-state index in [-0.39, 0.29) is 0 Å². The molecule has 2 fully saturated rings. The maximum absolute atomic E-state index is 5.86. The quantitative estimate of drug-likeness (QED) is 0.635. The van der Waals surface area contributed by atoms with E-state index in [0.717, 1.165) is 44.2 Å². The van der Waals surface area contributed by atoms with Gasteiger partial charge >= 0.3 is 0 Å². The number of benzene rings is 1. The van der Waals surface area contributed by atoms with Crippen molar-refractivity contribution in [3.8, 4) is 11.5 Å². The molecule has 0 unspecified atom stereocenters. The Bertz CT molecular complexity index is 465. The molecule has 1 aromatic carbocycles. The highest BCUT2D eigenvalue weighted by Gasteiger charge is 2.10. The lowest BCUT2D eigenvalue weighted by atomic mass is 10.1. The number of piperidine rings is 2. The molecule has 0 bridgehead atoms. The van der Waals surface area contributed by atoms with Gasteiger partial charge in [-0.25, -0.2) is 0 Å². The second kappa shape index (κ2) is 10.7. The van der Waals surface area contributed by atoms with Crippen LogP contribution in [-0.2, 0) is 0 Å². The van der Waals surface area contributed by atoms with Crippen LogP contribution in [0.2, 0.25) is 0 Å². The third-order valence-electron chi connectivity index (χ3n) is 5.28. The topological polar surface area (TPSA) is 24.9 Å². The Balaban J connectivity index is 1.27. The zero-order chi connectivity index (χ0) is 17.2. The SMILES string of the molecule is c1cc(OCCN2CCCCC2)ccc1OCCCN1CCCCC1. The lowest BCUT2D eigenvalue weighted by Crippen LogP contribution is -2.33. The molecule has 4 heteroatoms. The summed E-state index contributed by atoms with van der Waals surface area (Å²) >= 11 is 0. The van der Waals surface area contributed by atoms with Gasteiger partial charge in [0.15, 0.2) is 0 Å². The molecular weight excluding hydrogens is 312 g/mol. The maximum Gasteiger partial charge on any atom is 0.119 e. The molecule has 4 nitrogen and oxygen atoms in total. The molecule has 2 saturated heterocycles. The first kappa shape index (κ1) is 18.5. The van der Waals surface area contributed by atoms with Crippen LogP contribution in [-0.4, -0.2) is 62.3 Å². The van der Waals surface area contributed by atoms with Gasteiger partial charge in [-0.2, -0.15) is 0 Å². The number of rotatable bonds is 9. The standard InChI is InChI=1S/C21H34N2O2/c1-3-12-22(13-4-1)16-7-18-24-20-8-10-21(11-9-20)25-19-17-23-14-5-2-6-15-23/h8-11H,1-7,12-19H2. The van der Waals surface area contributed by atoms with Crippen LogP contribution in [0, 0.1) is 0 Å². The molecule has 2 aliphatic heterocycles. The highest BCUT2D eigenvalue weighted by molar-refractivity contribution is 5.31. The molecule has 3 rings (SSSR count). The van der Waals surface area contributed by atoms with Gasteiger partial charge in [0.1, 0.15) is 18.1 Å². The molecule has 1 aromatic rings. The van der Waals surface area contributed by atoms with Gasteiger partial charge in [0, 0.05) is 13.1 Å². The van der Waals surface area contributed by atoms with Crippen LogP contribution in [0.25, 0.3) is 0 Å². The Morgan fingerprint density at radius 3 is 1.64 bits per heavy atom. The fourth-order valence-electron chi connectivity index (χ4n) is 3.77. The van der Waals surface area contributed by atoms with Gasteiger partial charge < -0.3 is 14.4 Å². The summed E-state index contributed by atoms with van der Waals surface area (Å²) in [6.07, 6.45) is 9.29. The minimum absolute atomic E-state index is 0.774. The van der Waals surface area contributed by atoms with Crippen LogP contribution in [0.15, 0.2) is 24.3 Å². The highest BCUT2D eigenvalue weighted by atomic mass is 16.5. The van der Waals surface area contributed by atoms with Gasteiger partial charge in [-0.15, -0.1) is 0 Å². The van der Waals surface area contributed by atoms with E-state index in [1.807, 2.05) is 24.3 Å². The van der Waals surface area contributed by atoms with Gasteiger partial charge in [0.25, 0.3) is 0 Å². The first-order valence-electron chi connectivity index (χ1n) is 10.2. The average molecular weight is 347 g/mol.